The van der Waals surface area contributed by atoms with Crippen LogP contribution in [0.25, 0.3) is 0 Å². The summed E-state index contributed by atoms with van der Waals surface area (Å²) in [4.78, 5) is 14.5. The van der Waals surface area contributed by atoms with Crippen molar-refractivity contribution < 1.29 is 17.9 Å². The summed E-state index contributed by atoms with van der Waals surface area (Å²) >= 11 is 0. The lowest BCUT2D eigenvalue weighted by molar-refractivity contribution is 0.0736. The summed E-state index contributed by atoms with van der Waals surface area (Å²) in [6, 6.07) is 12.8. The van der Waals surface area contributed by atoms with E-state index in [0.717, 1.165) is 13.1 Å². The molecule has 2 N–H and O–H groups in total. The van der Waals surface area contributed by atoms with Gasteiger partial charge >= 0.3 is 0 Å². The zero-order valence-electron chi connectivity index (χ0n) is 15.1. The number of benzene rings is 2. The average molecular weight is 389 g/mol. The fraction of sp³-hybridized carbons (Fsp3) is 0.316. The van der Waals surface area contributed by atoms with E-state index in [1.165, 1.54) is 12.1 Å². The van der Waals surface area contributed by atoms with Gasteiger partial charge in [0.05, 0.1) is 11.5 Å². The Balaban J connectivity index is 1.75. The van der Waals surface area contributed by atoms with Crippen LogP contribution in [0.2, 0.25) is 0 Å². The maximum Gasteiger partial charge on any atom is 0.261 e. The van der Waals surface area contributed by atoms with Crippen molar-refractivity contribution >= 4 is 21.6 Å². The molecule has 0 bridgehead atoms. The Bertz CT molecular complexity index is 891. The summed E-state index contributed by atoms with van der Waals surface area (Å²) in [5.74, 6) is 0.513. The van der Waals surface area contributed by atoms with Gasteiger partial charge in [-0.2, -0.15) is 0 Å². The predicted molar refractivity (Wildman–Crippen MR) is 104 cm³/mol. The molecule has 144 valence electrons. The third kappa shape index (κ3) is 4.78. The highest BCUT2D eigenvalue weighted by Gasteiger charge is 2.19. The Morgan fingerprint density at radius 2 is 1.85 bits per heavy atom. The van der Waals surface area contributed by atoms with Crippen molar-refractivity contribution in [2.45, 2.75) is 11.8 Å². The second-order valence-corrected chi connectivity index (χ2v) is 7.82. The highest BCUT2D eigenvalue weighted by Crippen LogP contribution is 2.20. The molecule has 3 rings (SSSR count). The number of carbonyl (C=O) groups excluding carboxylic acids is 1. The average Bonchev–Trinajstić information content (AvgIpc) is 2.69. The smallest absolute Gasteiger partial charge is 0.261 e. The maximum atomic E-state index is 12.6. The van der Waals surface area contributed by atoms with Gasteiger partial charge in [0.2, 0.25) is 0 Å². The quantitative estimate of drug-likeness (QED) is 0.788. The molecule has 1 heterocycles. The number of carbonyl (C=O) groups is 1. The summed E-state index contributed by atoms with van der Waals surface area (Å²) in [5.41, 5.74) is 0.814. The molecule has 7 nitrogen and oxygen atoms in total. The fourth-order valence-electron chi connectivity index (χ4n) is 2.86. The van der Waals surface area contributed by atoms with Crippen molar-refractivity contribution in [1.82, 2.24) is 10.2 Å². The lowest BCUT2D eigenvalue weighted by atomic mass is 10.1. The number of piperazine rings is 1. The zero-order valence-corrected chi connectivity index (χ0v) is 16.0. The monoisotopic (exact) mass is 389 g/mol. The molecule has 1 aliphatic rings. The highest BCUT2D eigenvalue weighted by atomic mass is 32.2. The summed E-state index contributed by atoms with van der Waals surface area (Å²) < 4.78 is 33.1. The van der Waals surface area contributed by atoms with Gasteiger partial charge in [-0.25, -0.2) is 8.42 Å². The number of nitrogens with one attached hydrogen (secondary N) is 2. The topological polar surface area (TPSA) is 87.7 Å². The molecule has 1 fully saturated rings. The van der Waals surface area contributed by atoms with Gasteiger partial charge < -0.3 is 15.0 Å². The third-order valence-corrected chi connectivity index (χ3v) is 5.61. The molecular formula is C19H23N3O4S. The molecule has 0 spiro atoms. The number of sulfonamides is 1. The standard InChI is InChI=1S/C19H23N3O4S/c1-2-26-17-6-8-18(9-7-17)27(24,25)21-16-5-3-4-15(14-16)19(23)22-12-10-20-11-13-22/h3-9,14,20-21H,2,10-13H2,1H3. The SMILES string of the molecule is CCOc1ccc(S(=O)(=O)Nc2cccc(C(=O)N3CCNCC3)c2)cc1. The summed E-state index contributed by atoms with van der Waals surface area (Å²) in [7, 11) is -3.75. The van der Waals surface area contributed by atoms with Crippen molar-refractivity contribution in [1.29, 1.82) is 0 Å². The summed E-state index contributed by atoms with van der Waals surface area (Å²) in [6.07, 6.45) is 0. The number of rotatable bonds is 6. The second-order valence-electron chi connectivity index (χ2n) is 6.13. The first-order valence-electron chi connectivity index (χ1n) is 8.85. The number of hydrogen-bond acceptors (Lipinski definition) is 5. The number of amides is 1. The largest absolute Gasteiger partial charge is 0.494 e. The Hall–Kier alpha value is -2.58. The van der Waals surface area contributed by atoms with Gasteiger partial charge in [0, 0.05) is 37.4 Å². The number of hydrogen-bond donors (Lipinski definition) is 2. The number of anilines is 1. The Morgan fingerprint density at radius 1 is 1.15 bits per heavy atom. The summed E-state index contributed by atoms with van der Waals surface area (Å²) in [6.45, 7) is 5.17. The molecule has 0 saturated carbocycles. The molecule has 0 aromatic heterocycles. The van der Waals surface area contributed by atoms with Crippen LogP contribution >= 0.6 is 0 Å². The van der Waals surface area contributed by atoms with E-state index < -0.39 is 10.0 Å². The molecule has 27 heavy (non-hydrogen) atoms. The van der Waals surface area contributed by atoms with Gasteiger partial charge in [0.25, 0.3) is 15.9 Å². The van der Waals surface area contributed by atoms with Gasteiger partial charge in [-0.1, -0.05) is 6.07 Å². The summed E-state index contributed by atoms with van der Waals surface area (Å²) in [5, 5.41) is 3.20. The van der Waals surface area contributed by atoms with Crippen LogP contribution in [0, 0.1) is 0 Å². The van der Waals surface area contributed by atoms with Crippen LogP contribution in [-0.4, -0.2) is 52.0 Å². The van der Waals surface area contributed by atoms with Crippen molar-refractivity contribution in [3.05, 3.63) is 54.1 Å². The third-order valence-electron chi connectivity index (χ3n) is 4.21. The molecule has 2 aromatic rings. The van der Waals surface area contributed by atoms with E-state index in [-0.39, 0.29) is 10.8 Å². The normalized spacial score (nSPS) is 14.6. The van der Waals surface area contributed by atoms with Gasteiger partial charge in [-0.05, 0) is 49.4 Å². The van der Waals surface area contributed by atoms with E-state index in [0.29, 0.717) is 36.7 Å². The van der Waals surface area contributed by atoms with Crippen LogP contribution < -0.4 is 14.8 Å². The van der Waals surface area contributed by atoms with Crippen LogP contribution in [0.1, 0.15) is 17.3 Å². The van der Waals surface area contributed by atoms with Crippen molar-refractivity contribution in [3.63, 3.8) is 0 Å². The van der Waals surface area contributed by atoms with Crippen LogP contribution in [0.5, 0.6) is 5.75 Å². The van der Waals surface area contributed by atoms with Crippen molar-refractivity contribution in [2.75, 3.05) is 37.5 Å². The van der Waals surface area contributed by atoms with Crippen LogP contribution in [0.4, 0.5) is 5.69 Å². The molecule has 0 radical (unpaired) electrons. The van der Waals surface area contributed by atoms with Crippen molar-refractivity contribution in [3.8, 4) is 5.75 Å². The van der Waals surface area contributed by atoms with Gasteiger partial charge in [-0.3, -0.25) is 9.52 Å². The van der Waals surface area contributed by atoms with E-state index in [9.17, 15) is 13.2 Å². The first-order valence-corrected chi connectivity index (χ1v) is 10.3. The highest BCUT2D eigenvalue weighted by molar-refractivity contribution is 7.92. The Morgan fingerprint density at radius 3 is 2.52 bits per heavy atom. The molecule has 1 aliphatic heterocycles. The van der Waals surface area contributed by atoms with Gasteiger partial charge in [-0.15, -0.1) is 0 Å². The molecule has 2 aromatic carbocycles. The predicted octanol–water partition coefficient (Wildman–Crippen LogP) is 1.93. The number of ether oxygens (including phenoxy) is 1. The Kier molecular flexibility index (Phi) is 5.98. The minimum atomic E-state index is -3.75. The second kappa shape index (κ2) is 8.41. The van der Waals surface area contributed by atoms with Crippen molar-refractivity contribution in [2.24, 2.45) is 0 Å². The van der Waals surface area contributed by atoms with E-state index >= 15 is 0 Å². The van der Waals surface area contributed by atoms with E-state index in [2.05, 4.69) is 10.0 Å². The molecule has 1 amide bonds. The van der Waals surface area contributed by atoms with Gasteiger partial charge in [0.1, 0.15) is 5.75 Å². The molecular weight excluding hydrogens is 366 g/mol. The minimum Gasteiger partial charge on any atom is -0.494 e. The lowest BCUT2D eigenvalue weighted by Crippen LogP contribution is -2.46. The number of nitrogens with zero attached hydrogens (tertiary/aromatic N) is 1. The first-order chi connectivity index (χ1) is 13.0. The lowest BCUT2D eigenvalue weighted by Gasteiger charge is -2.27. The molecule has 1 saturated heterocycles. The maximum absolute atomic E-state index is 12.6. The van der Waals surface area contributed by atoms with E-state index in [4.69, 9.17) is 4.74 Å². The van der Waals surface area contributed by atoms with Gasteiger partial charge in [0.15, 0.2) is 0 Å². The molecule has 0 aliphatic carbocycles. The molecule has 0 atom stereocenters. The first kappa shape index (κ1) is 19.2. The minimum absolute atomic E-state index is 0.0985. The van der Waals surface area contributed by atoms with Crippen LogP contribution in [0.15, 0.2) is 53.4 Å². The Labute approximate surface area is 159 Å². The van der Waals surface area contributed by atoms with E-state index in [1.807, 2.05) is 6.92 Å². The zero-order chi connectivity index (χ0) is 19.3. The fourth-order valence-corrected chi connectivity index (χ4v) is 3.91. The van der Waals surface area contributed by atoms with Crippen LogP contribution in [-0.2, 0) is 10.0 Å². The molecule has 8 heteroatoms. The van der Waals surface area contributed by atoms with E-state index in [1.54, 1.807) is 41.3 Å². The van der Waals surface area contributed by atoms with Crippen LogP contribution in [0.3, 0.4) is 0 Å². The molecule has 0 unspecified atom stereocenters.